The molecule has 0 aliphatic carbocycles. The Labute approximate surface area is 121 Å². The molecule has 104 valence electrons. The van der Waals surface area contributed by atoms with Gasteiger partial charge in [0.1, 0.15) is 11.2 Å². The van der Waals surface area contributed by atoms with Gasteiger partial charge in [0.15, 0.2) is 0 Å². The topological polar surface area (TPSA) is 25.2 Å². The van der Waals surface area contributed by atoms with Gasteiger partial charge in [-0.3, -0.25) is 4.70 Å². The minimum Gasteiger partial charge on any atom is -0.456 e. The van der Waals surface area contributed by atoms with Crippen LogP contribution in [0.3, 0.4) is 0 Å². The number of fused-ring (bicyclic) bond motifs is 3. The van der Waals surface area contributed by atoms with E-state index in [0.717, 1.165) is 33.3 Å². The van der Waals surface area contributed by atoms with Gasteiger partial charge in [-0.1, -0.05) is 36.4 Å². The largest absolute Gasteiger partial charge is 0.456 e. The van der Waals surface area contributed by atoms with Crippen LogP contribution >= 0.6 is 0 Å². The van der Waals surface area contributed by atoms with E-state index in [1.54, 1.807) is 0 Å². The highest BCUT2D eigenvalue weighted by Crippen LogP contribution is 2.31. The molecule has 4 aromatic rings. The molecule has 0 unspecified atom stereocenters. The molecular formula is C18H14FNO. The van der Waals surface area contributed by atoms with Crippen LogP contribution in [-0.4, -0.2) is 0 Å². The summed E-state index contributed by atoms with van der Waals surface area (Å²) in [6, 6.07) is 24.5. The van der Waals surface area contributed by atoms with Crippen molar-refractivity contribution in [3.63, 3.8) is 0 Å². The van der Waals surface area contributed by atoms with Crippen LogP contribution in [-0.2, 0) is 0 Å². The average Bonchev–Trinajstić information content (AvgIpc) is 2.86. The fourth-order valence-electron chi connectivity index (χ4n) is 2.49. The molecule has 1 heterocycles. The van der Waals surface area contributed by atoms with Crippen molar-refractivity contribution < 1.29 is 9.12 Å². The van der Waals surface area contributed by atoms with Gasteiger partial charge in [0.25, 0.3) is 0 Å². The lowest BCUT2D eigenvalue weighted by Gasteiger charge is -2.05. The summed E-state index contributed by atoms with van der Waals surface area (Å²) < 4.78 is 5.83. The van der Waals surface area contributed by atoms with Crippen molar-refractivity contribution in [2.75, 3.05) is 5.32 Å². The third-order valence-electron chi connectivity index (χ3n) is 3.44. The molecule has 0 aliphatic rings. The number of hydrogen-bond donors (Lipinski definition) is 1. The van der Waals surface area contributed by atoms with E-state index in [9.17, 15) is 0 Å². The number of furan rings is 1. The second kappa shape index (κ2) is 5.29. The number of nitrogens with one attached hydrogen (secondary N) is 1. The average molecular weight is 279 g/mol. The van der Waals surface area contributed by atoms with Gasteiger partial charge in [-0.25, -0.2) is 0 Å². The Morgan fingerprint density at radius 2 is 1.33 bits per heavy atom. The van der Waals surface area contributed by atoms with E-state index < -0.39 is 0 Å². The van der Waals surface area contributed by atoms with Crippen molar-refractivity contribution in [3.05, 3.63) is 72.8 Å². The highest BCUT2D eigenvalue weighted by molar-refractivity contribution is 6.06. The van der Waals surface area contributed by atoms with E-state index in [0.29, 0.717) is 0 Å². The molecule has 0 saturated heterocycles. The van der Waals surface area contributed by atoms with Crippen molar-refractivity contribution in [2.45, 2.75) is 0 Å². The van der Waals surface area contributed by atoms with Gasteiger partial charge in [-0.2, -0.15) is 0 Å². The summed E-state index contributed by atoms with van der Waals surface area (Å²) in [5, 5.41) is 5.70. The summed E-state index contributed by atoms with van der Waals surface area (Å²) >= 11 is 0. The predicted octanol–water partition coefficient (Wildman–Crippen LogP) is 5.48. The first kappa shape index (κ1) is 13.2. The predicted molar refractivity (Wildman–Crippen MR) is 85.9 cm³/mol. The SMILES string of the molecule is F.c1ccc(Nc2ccc3oc4ccccc4c3c2)cc1. The molecule has 0 spiro atoms. The van der Waals surface area contributed by atoms with E-state index >= 15 is 0 Å². The molecule has 0 saturated carbocycles. The molecule has 3 heteroatoms. The third kappa shape index (κ3) is 2.34. The number of hydrogen-bond acceptors (Lipinski definition) is 2. The Morgan fingerprint density at radius 1 is 0.619 bits per heavy atom. The first-order chi connectivity index (χ1) is 9.90. The van der Waals surface area contributed by atoms with Crippen molar-refractivity contribution in [2.24, 2.45) is 0 Å². The fraction of sp³-hybridized carbons (Fsp3) is 0. The monoisotopic (exact) mass is 279 g/mol. The standard InChI is InChI=1S/C18H13NO.FH/c1-2-6-13(7-3-1)19-14-10-11-18-16(12-14)15-8-4-5-9-17(15)20-18;/h1-12,19H;1H. The second-order valence-electron chi connectivity index (χ2n) is 4.80. The summed E-state index contributed by atoms with van der Waals surface area (Å²) in [5.74, 6) is 0. The van der Waals surface area contributed by atoms with Gasteiger partial charge in [-0.15, -0.1) is 0 Å². The number of para-hydroxylation sites is 2. The summed E-state index contributed by atoms with van der Waals surface area (Å²) in [4.78, 5) is 0. The lowest BCUT2D eigenvalue weighted by atomic mass is 10.1. The first-order valence-electron chi connectivity index (χ1n) is 6.63. The normalized spacial score (nSPS) is 10.5. The zero-order valence-corrected chi connectivity index (χ0v) is 11.2. The molecule has 4 rings (SSSR count). The molecule has 0 fully saturated rings. The Hall–Kier alpha value is -2.81. The van der Waals surface area contributed by atoms with Crippen molar-refractivity contribution in [1.29, 1.82) is 0 Å². The molecule has 0 atom stereocenters. The van der Waals surface area contributed by atoms with Gasteiger partial charge in [0, 0.05) is 22.1 Å². The van der Waals surface area contributed by atoms with Crippen molar-refractivity contribution >= 4 is 33.3 Å². The molecule has 0 bridgehead atoms. The van der Waals surface area contributed by atoms with Crippen molar-refractivity contribution in [1.82, 2.24) is 0 Å². The molecule has 2 nitrogen and oxygen atoms in total. The van der Waals surface area contributed by atoms with E-state index in [-0.39, 0.29) is 4.70 Å². The minimum absolute atomic E-state index is 0. The number of rotatable bonds is 2. The van der Waals surface area contributed by atoms with E-state index in [2.05, 4.69) is 29.6 Å². The van der Waals surface area contributed by atoms with Gasteiger partial charge in [0.05, 0.1) is 0 Å². The highest BCUT2D eigenvalue weighted by Gasteiger charge is 2.06. The number of halogens is 1. The molecule has 1 N–H and O–H groups in total. The molecular weight excluding hydrogens is 265 g/mol. The van der Waals surface area contributed by atoms with Gasteiger partial charge in [-0.05, 0) is 36.4 Å². The maximum absolute atomic E-state index is 5.83. The van der Waals surface area contributed by atoms with Crippen LogP contribution in [0.4, 0.5) is 16.1 Å². The van der Waals surface area contributed by atoms with E-state index in [1.807, 2.05) is 48.5 Å². The van der Waals surface area contributed by atoms with Gasteiger partial charge in [0.2, 0.25) is 0 Å². The first-order valence-corrected chi connectivity index (χ1v) is 6.63. The smallest absolute Gasteiger partial charge is 0.135 e. The van der Waals surface area contributed by atoms with Crippen LogP contribution < -0.4 is 5.32 Å². The fourth-order valence-corrected chi connectivity index (χ4v) is 2.49. The molecule has 0 radical (unpaired) electrons. The summed E-state index contributed by atoms with van der Waals surface area (Å²) in [6.07, 6.45) is 0. The molecule has 21 heavy (non-hydrogen) atoms. The summed E-state index contributed by atoms with van der Waals surface area (Å²) in [5.41, 5.74) is 4.00. The Balaban J connectivity index is 0.00000132. The van der Waals surface area contributed by atoms with Crippen LogP contribution in [0.2, 0.25) is 0 Å². The quantitative estimate of drug-likeness (QED) is 0.525. The molecule has 1 aromatic heterocycles. The maximum Gasteiger partial charge on any atom is 0.135 e. The Bertz CT molecular complexity index is 883. The second-order valence-corrected chi connectivity index (χ2v) is 4.80. The summed E-state index contributed by atoms with van der Waals surface area (Å²) in [7, 11) is 0. The minimum atomic E-state index is 0. The van der Waals surface area contributed by atoms with Gasteiger partial charge >= 0.3 is 0 Å². The number of anilines is 2. The van der Waals surface area contributed by atoms with Crippen molar-refractivity contribution in [3.8, 4) is 0 Å². The van der Waals surface area contributed by atoms with E-state index in [1.165, 1.54) is 0 Å². The van der Waals surface area contributed by atoms with Crippen LogP contribution in [0.15, 0.2) is 77.2 Å². The highest BCUT2D eigenvalue weighted by atomic mass is 19.0. The summed E-state index contributed by atoms with van der Waals surface area (Å²) in [6.45, 7) is 0. The molecule has 0 aliphatic heterocycles. The van der Waals surface area contributed by atoms with Crippen LogP contribution in [0, 0.1) is 0 Å². The Morgan fingerprint density at radius 3 is 2.19 bits per heavy atom. The lowest BCUT2D eigenvalue weighted by Crippen LogP contribution is -1.88. The maximum atomic E-state index is 5.83. The van der Waals surface area contributed by atoms with E-state index in [4.69, 9.17) is 4.42 Å². The Kier molecular flexibility index (Phi) is 3.32. The van der Waals surface area contributed by atoms with Gasteiger partial charge < -0.3 is 9.73 Å². The molecule has 3 aromatic carbocycles. The lowest BCUT2D eigenvalue weighted by molar-refractivity contribution is 0.669. The zero-order chi connectivity index (χ0) is 13.4. The number of benzene rings is 3. The van der Waals surface area contributed by atoms with Crippen LogP contribution in [0.1, 0.15) is 0 Å². The molecule has 0 amide bonds. The zero-order valence-electron chi connectivity index (χ0n) is 11.2. The van der Waals surface area contributed by atoms with Crippen LogP contribution in [0.5, 0.6) is 0 Å². The van der Waals surface area contributed by atoms with Crippen LogP contribution in [0.25, 0.3) is 21.9 Å². The third-order valence-corrected chi connectivity index (χ3v) is 3.44.